The van der Waals surface area contributed by atoms with Gasteiger partial charge in [0.15, 0.2) is 0 Å². The minimum Gasteiger partial charge on any atom is -0.303 e. The van der Waals surface area contributed by atoms with E-state index in [9.17, 15) is 0 Å². The van der Waals surface area contributed by atoms with E-state index in [-0.39, 0.29) is 4.70 Å². The van der Waals surface area contributed by atoms with Gasteiger partial charge in [0.1, 0.15) is 0 Å². The fourth-order valence-corrected chi connectivity index (χ4v) is 3.64. The molecule has 0 aromatic heterocycles. The van der Waals surface area contributed by atoms with Gasteiger partial charge in [-0.25, -0.2) is 0 Å². The van der Waals surface area contributed by atoms with Gasteiger partial charge in [-0.15, -0.1) is 0 Å². The minimum atomic E-state index is 0. The lowest BCUT2D eigenvalue weighted by molar-refractivity contribution is 0.174. The standard InChI is InChI=1S/C20H41N.FH/c1-3-5-7-8-9-10-11-12-13-17-21-18-15-20(16-19-21)14-6-4-2;/h20H,3-19H2,1-2H3;1H. The summed E-state index contributed by atoms with van der Waals surface area (Å²) in [6.45, 7) is 8.75. The third-order valence-electron chi connectivity index (χ3n) is 5.25. The second kappa shape index (κ2) is 15.8. The summed E-state index contributed by atoms with van der Waals surface area (Å²) in [4.78, 5) is 2.73. The SMILES string of the molecule is CCCCCCCCCCCN1CCC(CCCC)CC1.F. The molecule has 0 atom stereocenters. The summed E-state index contributed by atoms with van der Waals surface area (Å²) < 4.78 is 0. The van der Waals surface area contributed by atoms with E-state index < -0.39 is 0 Å². The predicted octanol–water partition coefficient (Wildman–Crippen LogP) is 6.57. The molecule has 0 aromatic rings. The van der Waals surface area contributed by atoms with Crippen molar-refractivity contribution in [2.75, 3.05) is 19.6 Å². The maximum absolute atomic E-state index is 2.73. The molecule has 1 nitrogen and oxygen atoms in total. The number of halogens is 1. The number of unbranched alkanes of at least 4 members (excludes halogenated alkanes) is 9. The van der Waals surface area contributed by atoms with Crippen molar-refractivity contribution in [2.45, 2.75) is 104 Å². The Morgan fingerprint density at radius 2 is 1.18 bits per heavy atom. The molecule has 0 saturated carbocycles. The van der Waals surface area contributed by atoms with Crippen LogP contribution in [0.3, 0.4) is 0 Å². The van der Waals surface area contributed by atoms with E-state index in [1.807, 2.05) is 0 Å². The molecule has 1 saturated heterocycles. The molecule has 0 radical (unpaired) electrons. The van der Waals surface area contributed by atoms with Crippen molar-refractivity contribution in [3.05, 3.63) is 0 Å². The summed E-state index contributed by atoms with van der Waals surface area (Å²) in [6.07, 6.45) is 20.3. The lowest BCUT2D eigenvalue weighted by atomic mass is 9.91. The van der Waals surface area contributed by atoms with E-state index in [1.54, 1.807) is 0 Å². The normalized spacial score (nSPS) is 16.6. The van der Waals surface area contributed by atoms with Gasteiger partial charge in [0.25, 0.3) is 0 Å². The molecule has 0 aliphatic carbocycles. The molecule has 0 spiro atoms. The average molecular weight is 316 g/mol. The van der Waals surface area contributed by atoms with Crippen molar-refractivity contribution in [2.24, 2.45) is 5.92 Å². The summed E-state index contributed by atoms with van der Waals surface area (Å²) in [5.74, 6) is 1.05. The van der Waals surface area contributed by atoms with Crippen LogP contribution in [0.4, 0.5) is 4.70 Å². The molecule has 134 valence electrons. The van der Waals surface area contributed by atoms with Crippen LogP contribution >= 0.6 is 0 Å². The van der Waals surface area contributed by atoms with Gasteiger partial charge in [-0.2, -0.15) is 0 Å². The lowest BCUT2D eigenvalue weighted by Crippen LogP contribution is -2.34. The molecule has 22 heavy (non-hydrogen) atoms. The molecule has 1 heterocycles. The monoisotopic (exact) mass is 315 g/mol. The van der Waals surface area contributed by atoms with Crippen molar-refractivity contribution in [1.29, 1.82) is 0 Å². The summed E-state index contributed by atoms with van der Waals surface area (Å²) in [5.41, 5.74) is 0. The van der Waals surface area contributed by atoms with Crippen molar-refractivity contribution < 1.29 is 4.70 Å². The van der Waals surface area contributed by atoms with Gasteiger partial charge in [-0.1, -0.05) is 84.5 Å². The first-order chi connectivity index (χ1) is 10.4. The number of nitrogens with zero attached hydrogens (tertiary/aromatic N) is 1. The largest absolute Gasteiger partial charge is 0.303 e. The van der Waals surface area contributed by atoms with Crippen LogP contribution in [-0.2, 0) is 0 Å². The lowest BCUT2D eigenvalue weighted by Gasteiger charge is -2.32. The molecular weight excluding hydrogens is 273 g/mol. The molecule has 0 unspecified atom stereocenters. The molecule has 0 amide bonds. The van der Waals surface area contributed by atoms with E-state index in [0.29, 0.717) is 0 Å². The number of hydrogen-bond acceptors (Lipinski definition) is 1. The van der Waals surface area contributed by atoms with Crippen LogP contribution in [0.5, 0.6) is 0 Å². The smallest absolute Gasteiger partial charge is 0.00161 e. The van der Waals surface area contributed by atoms with E-state index in [2.05, 4.69) is 18.7 Å². The maximum Gasteiger partial charge on any atom is -0.00161 e. The fraction of sp³-hybridized carbons (Fsp3) is 1.00. The first kappa shape index (κ1) is 21.9. The van der Waals surface area contributed by atoms with Gasteiger partial charge in [-0.3, -0.25) is 4.70 Å². The Morgan fingerprint density at radius 1 is 0.682 bits per heavy atom. The Kier molecular flexibility index (Phi) is 15.7. The second-order valence-electron chi connectivity index (χ2n) is 7.26. The third kappa shape index (κ3) is 11.5. The highest BCUT2D eigenvalue weighted by atomic mass is 19.0. The molecule has 1 rings (SSSR count). The summed E-state index contributed by atoms with van der Waals surface area (Å²) in [5, 5.41) is 0. The molecule has 1 aliphatic heterocycles. The number of hydrogen-bond donors (Lipinski definition) is 0. The molecule has 0 aromatic carbocycles. The average Bonchev–Trinajstić information content (AvgIpc) is 2.52. The highest BCUT2D eigenvalue weighted by Gasteiger charge is 2.17. The van der Waals surface area contributed by atoms with Crippen LogP contribution in [0.15, 0.2) is 0 Å². The van der Waals surface area contributed by atoms with Crippen LogP contribution in [0.2, 0.25) is 0 Å². The van der Waals surface area contributed by atoms with Crippen molar-refractivity contribution in [3.8, 4) is 0 Å². The first-order valence-electron chi connectivity index (χ1n) is 10.1. The zero-order chi connectivity index (χ0) is 15.2. The fourth-order valence-electron chi connectivity index (χ4n) is 3.64. The highest BCUT2D eigenvalue weighted by Crippen LogP contribution is 2.22. The minimum absolute atomic E-state index is 0. The molecular formula is C20H42FN. The maximum atomic E-state index is 2.73. The Hall–Kier alpha value is -0.110. The molecule has 2 heteroatoms. The van der Waals surface area contributed by atoms with Crippen molar-refractivity contribution in [3.63, 3.8) is 0 Å². The number of piperidine rings is 1. The Labute approximate surface area is 139 Å². The van der Waals surface area contributed by atoms with Gasteiger partial charge >= 0.3 is 0 Å². The Morgan fingerprint density at radius 3 is 1.73 bits per heavy atom. The highest BCUT2D eigenvalue weighted by molar-refractivity contribution is 4.72. The zero-order valence-electron chi connectivity index (χ0n) is 15.5. The van der Waals surface area contributed by atoms with Crippen LogP contribution in [0.1, 0.15) is 104 Å². The van der Waals surface area contributed by atoms with Crippen LogP contribution in [0.25, 0.3) is 0 Å². The van der Waals surface area contributed by atoms with E-state index in [4.69, 9.17) is 0 Å². The van der Waals surface area contributed by atoms with E-state index >= 15 is 0 Å². The molecule has 1 aliphatic rings. The van der Waals surface area contributed by atoms with Gasteiger partial charge < -0.3 is 4.90 Å². The summed E-state index contributed by atoms with van der Waals surface area (Å²) in [6, 6.07) is 0. The van der Waals surface area contributed by atoms with E-state index in [0.717, 1.165) is 5.92 Å². The van der Waals surface area contributed by atoms with Crippen LogP contribution in [0, 0.1) is 5.92 Å². The number of rotatable bonds is 13. The Bertz CT molecular complexity index is 212. The van der Waals surface area contributed by atoms with Crippen LogP contribution < -0.4 is 0 Å². The van der Waals surface area contributed by atoms with E-state index in [1.165, 1.54) is 110 Å². The van der Waals surface area contributed by atoms with Gasteiger partial charge in [-0.05, 0) is 44.8 Å². The summed E-state index contributed by atoms with van der Waals surface area (Å²) in [7, 11) is 0. The zero-order valence-corrected chi connectivity index (χ0v) is 15.5. The van der Waals surface area contributed by atoms with Gasteiger partial charge in [0.2, 0.25) is 0 Å². The third-order valence-corrected chi connectivity index (χ3v) is 5.25. The molecule has 0 N–H and O–H groups in total. The quantitative estimate of drug-likeness (QED) is 0.347. The van der Waals surface area contributed by atoms with Gasteiger partial charge in [0, 0.05) is 0 Å². The van der Waals surface area contributed by atoms with Crippen LogP contribution in [-0.4, -0.2) is 24.5 Å². The van der Waals surface area contributed by atoms with Crippen molar-refractivity contribution >= 4 is 0 Å². The second-order valence-corrected chi connectivity index (χ2v) is 7.26. The first-order valence-corrected chi connectivity index (χ1v) is 10.1. The predicted molar refractivity (Wildman–Crippen MR) is 98.4 cm³/mol. The number of likely N-dealkylation sites (tertiary alicyclic amines) is 1. The van der Waals surface area contributed by atoms with Gasteiger partial charge in [0.05, 0.1) is 0 Å². The topological polar surface area (TPSA) is 3.24 Å². The Balaban J connectivity index is 0.00000441. The van der Waals surface area contributed by atoms with Crippen molar-refractivity contribution in [1.82, 2.24) is 4.90 Å². The molecule has 0 bridgehead atoms. The molecule has 1 fully saturated rings. The summed E-state index contributed by atoms with van der Waals surface area (Å²) >= 11 is 0.